The number of anilines is 1. The first-order valence-electron chi connectivity index (χ1n) is 8.93. The highest BCUT2D eigenvalue weighted by atomic mass is 79.9. The largest absolute Gasteiger partial charge is 0.379 e. The zero-order valence-corrected chi connectivity index (χ0v) is 18.3. The minimum Gasteiger partial charge on any atom is -0.379 e. The fourth-order valence-corrected chi connectivity index (χ4v) is 6.78. The average molecular weight is 471 g/mol. The molecule has 3 N–H and O–H groups in total. The standard InChI is InChI=1S/C19H21BrClN3S2/c20-16-17-19(26-18(16)12-6-2-1-3-7-13(12)22)14(9-15(21)24-17)23-10-11-5-4-8-25-11/h4-5,8-9,12-13H,1-3,6-7,10,22H2,(H,23,24)/t12-,13+/m0/s1. The van der Waals surface area contributed by atoms with Crippen molar-refractivity contribution in [1.82, 2.24) is 4.98 Å². The Morgan fingerprint density at radius 3 is 2.96 bits per heavy atom. The number of nitrogens with one attached hydrogen (secondary N) is 1. The van der Waals surface area contributed by atoms with Gasteiger partial charge >= 0.3 is 0 Å². The van der Waals surface area contributed by atoms with Crippen LogP contribution in [0.25, 0.3) is 10.2 Å². The molecule has 1 fully saturated rings. The lowest BCUT2D eigenvalue weighted by Gasteiger charge is -2.20. The Morgan fingerprint density at radius 2 is 2.15 bits per heavy atom. The zero-order chi connectivity index (χ0) is 18.1. The highest BCUT2D eigenvalue weighted by Crippen LogP contribution is 2.46. The van der Waals surface area contributed by atoms with E-state index in [1.807, 2.05) is 17.4 Å². The third-order valence-electron chi connectivity index (χ3n) is 5.02. The van der Waals surface area contributed by atoms with E-state index in [0.29, 0.717) is 11.1 Å². The monoisotopic (exact) mass is 469 g/mol. The summed E-state index contributed by atoms with van der Waals surface area (Å²) < 4.78 is 2.23. The van der Waals surface area contributed by atoms with E-state index < -0.39 is 0 Å². The number of hydrogen-bond acceptors (Lipinski definition) is 5. The number of aromatic nitrogens is 1. The van der Waals surface area contributed by atoms with E-state index >= 15 is 0 Å². The van der Waals surface area contributed by atoms with Crippen LogP contribution in [0.5, 0.6) is 0 Å². The molecule has 0 aliphatic heterocycles. The van der Waals surface area contributed by atoms with Crippen LogP contribution in [-0.2, 0) is 6.54 Å². The lowest BCUT2D eigenvalue weighted by molar-refractivity contribution is 0.510. The maximum Gasteiger partial charge on any atom is 0.131 e. The van der Waals surface area contributed by atoms with Crippen LogP contribution in [0.15, 0.2) is 28.1 Å². The van der Waals surface area contributed by atoms with Crippen LogP contribution in [-0.4, -0.2) is 11.0 Å². The zero-order valence-electron chi connectivity index (χ0n) is 14.3. The summed E-state index contributed by atoms with van der Waals surface area (Å²) in [7, 11) is 0. The molecule has 138 valence electrons. The topological polar surface area (TPSA) is 50.9 Å². The fourth-order valence-electron chi connectivity index (χ4n) is 3.65. The molecule has 0 amide bonds. The van der Waals surface area contributed by atoms with Gasteiger partial charge in [-0.2, -0.15) is 0 Å². The molecule has 0 bridgehead atoms. The molecule has 0 radical (unpaired) electrons. The summed E-state index contributed by atoms with van der Waals surface area (Å²) in [5, 5.41) is 6.15. The average Bonchev–Trinajstić information content (AvgIpc) is 3.19. The first kappa shape index (κ1) is 18.7. The number of thiophene rings is 2. The molecule has 3 nitrogen and oxygen atoms in total. The predicted octanol–water partition coefficient (Wildman–Crippen LogP) is 6.76. The van der Waals surface area contributed by atoms with Crippen LogP contribution in [0.1, 0.15) is 47.8 Å². The van der Waals surface area contributed by atoms with Crippen molar-refractivity contribution >= 4 is 66.1 Å². The lowest BCUT2D eigenvalue weighted by Crippen LogP contribution is -2.26. The first-order chi connectivity index (χ1) is 12.6. The summed E-state index contributed by atoms with van der Waals surface area (Å²) in [5.41, 5.74) is 8.51. The summed E-state index contributed by atoms with van der Waals surface area (Å²) >= 11 is 13.7. The maximum atomic E-state index is 6.52. The SMILES string of the molecule is N[C@@H]1CCCCC[C@@H]1c1sc2c(NCc3cccs3)cc(Cl)nc2c1Br. The van der Waals surface area contributed by atoms with Crippen LogP contribution in [0.2, 0.25) is 5.15 Å². The molecule has 0 unspecified atom stereocenters. The second-order valence-corrected chi connectivity index (χ2v) is 10.1. The van der Waals surface area contributed by atoms with Gasteiger partial charge in [0.25, 0.3) is 0 Å². The van der Waals surface area contributed by atoms with Crippen LogP contribution in [0, 0.1) is 0 Å². The highest BCUT2D eigenvalue weighted by Gasteiger charge is 2.27. The van der Waals surface area contributed by atoms with E-state index in [1.165, 1.54) is 29.0 Å². The van der Waals surface area contributed by atoms with Crippen molar-refractivity contribution in [3.05, 3.63) is 43.0 Å². The van der Waals surface area contributed by atoms with Gasteiger partial charge in [-0.25, -0.2) is 4.98 Å². The van der Waals surface area contributed by atoms with E-state index in [-0.39, 0.29) is 6.04 Å². The molecule has 2 atom stereocenters. The van der Waals surface area contributed by atoms with Crippen molar-refractivity contribution < 1.29 is 0 Å². The van der Waals surface area contributed by atoms with Gasteiger partial charge in [0.1, 0.15) is 5.15 Å². The Balaban J connectivity index is 1.72. The lowest BCUT2D eigenvalue weighted by atomic mass is 9.94. The van der Waals surface area contributed by atoms with Gasteiger partial charge in [-0.15, -0.1) is 22.7 Å². The summed E-state index contributed by atoms with van der Waals surface area (Å²) in [4.78, 5) is 7.22. The molecule has 0 saturated heterocycles. The summed E-state index contributed by atoms with van der Waals surface area (Å²) in [6, 6.07) is 6.36. The minimum atomic E-state index is 0.222. The summed E-state index contributed by atoms with van der Waals surface area (Å²) in [6.07, 6.45) is 6.01. The molecule has 7 heteroatoms. The molecule has 1 aliphatic carbocycles. The summed E-state index contributed by atoms with van der Waals surface area (Å²) in [6.45, 7) is 0.793. The third kappa shape index (κ3) is 3.80. The van der Waals surface area contributed by atoms with E-state index in [1.54, 1.807) is 11.3 Å². The molecule has 26 heavy (non-hydrogen) atoms. The highest BCUT2D eigenvalue weighted by molar-refractivity contribution is 9.10. The van der Waals surface area contributed by atoms with E-state index in [2.05, 4.69) is 43.7 Å². The van der Waals surface area contributed by atoms with Gasteiger partial charge < -0.3 is 11.1 Å². The van der Waals surface area contributed by atoms with Crippen molar-refractivity contribution in [2.24, 2.45) is 5.73 Å². The second kappa shape index (κ2) is 8.15. The Hall–Kier alpha value is -0.660. The van der Waals surface area contributed by atoms with Crippen LogP contribution in [0.3, 0.4) is 0 Å². The van der Waals surface area contributed by atoms with Crippen molar-refractivity contribution in [2.45, 2.75) is 50.6 Å². The van der Waals surface area contributed by atoms with Gasteiger partial charge in [-0.1, -0.05) is 36.9 Å². The van der Waals surface area contributed by atoms with Crippen molar-refractivity contribution in [3.63, 3.8) is 0 Å². The Labute approximate surface area is 175 Å². The summed E-state index contributed by atoms with van der Waals surface area (Å²) in [5.74, 6) is 0.398. The Kier molecular flexibility index (Phi) is 5.86. The number of nitrogens with zero attached hydrogens (tertiary/aromatic N) is 1. The Morgan fingerprint density at radius 1 is 1.31 bits per heavy atom. The number of pyridine rings is 1. The van der Waals surface area contributed by atoms with Gasteiger partial charge in [0.15, 0.2) is 0 Å². The van der Waals surface area contributed by atoms with E-state index in [4.69, 9.17) is 17.3 Å². The quantitative estimate of drug-likeness (QED) is 0.327. The van der Waals surface area contributed by atoms with Gasteiger partial charge in [0, 0.05) is 34.3 Å². The van der Waals surface area contributed by atoms with E-state index in [9.17, 15) is 0 Å². The van der Waals surface area contributed by atoms with Crippen molar-refractivity contribution in [2.75, 3.05) is 5.32 Å². The molecule has 3 aromatic rings. The van der Waals surface area contributed by atoms with Gasteiger partial charge in [0.05, 0.1) is 20.4 Å². The number of nitrogens with two attached hydrogens (primary N) is 1. The van der Waals surface area contributed by atoms with Crippen LogP contribution >= 0.6 is 50.2 Å². The van der Waals surface area contributed by atoms with Crippen LogP contribution in [0.4, 0.5) is 5.69 Å². The minimum absolute atomic E-state index is 0.222. The Bertz CT molecular complexity index is 894. The molecule has 0 spiro atoms. The van der Waals surface area contributed by atoms with Crippen molar-refractivity contribution in [3.8, 4) is 0 Å². The smallest absolute Gasteiger partial charge is 0.131 e. The van der Waals surface area contributed by atoms with Gasteiger partial charge in [-0.05, 0) is 40.2 Å². The molecular formula is C19H21BrClN3S2. The second-order valence-electron chi connectivity index (χ2n) is 6.79. The molecular weight excluding hydrogens is 450 g/mol. The molecule has 1 aliphatic rings. The van der Waals surface area contributed by atoms with E-state index in [0.717, 1.165) is 39.8 Å². The molecule has 0 aromatic carbocycles. The molecule has 3 aromatic heterocycles. The maximum absolute atomic E-state index is 6.52. The number of fused-ring (bicyclic) bond motifs is 1. The molecule has 4 rings (SSSR count). The molecule has 3 heterocycles. The first-order valence-corrected chi connectivity index (χ1v) is 11.8. The number of rotatable bonds is 4. The normalized spacial score (nSPS) is 21.0. The predicted molar refractivity (Wildman–Crippen MR) is 118 cm³/mol. The van der Waals surface area contributed by atoms with Crippen molar-refractivity contribution in [1.29, 1.82) is 0 Å². The van der Waals surface area contributed by atoms with Gasteiger partial charge in [-0.3, -0.25) is 0 Å². The van der Waals surface area contributed by atoms with Gasteiger partial charge in [0.2, 0.25) is 0 Å². The number of hydrogen-bond donors (Lipinski definition) is 2. The number of halogens is 2. The van der Waals surface area contributed by atoms with Crippen LogP contribution < -0.4 is 11.1 Å². The molecule has 1 saturated carbocycles. The fraction of sp³-hybridized carbons (Fsp3) is 0.421. The third-order valence-corrected chi connectivity index (χ3v) is 8.50.